The molecule has 0 aromatic carbocycles. The summed E-state index contributed by atoms with van der Waals surface area (Å²) in [5, 5.41) is 14.2. The smallest absolute Gasteiger partial charge is 0.159 e. The van der Waals surface area contributed by atoms with Crippen LogP contribution in [-0.2, 0) is 4.74 Å². The highest BCUT2D eigenvalue weighted by atomic mass is 32.2. The minimum absolute atomic E-state index is 0.0718. The van der Waals surface area contributed by atoms with Crippen molar-refractivity contribution in [3.8, 4) is 0 Å². The van der Waals surface area contributed by atoms with Crippen LogP contribution in [0.4, 0.5) is 0 Å². The average Bonchev–Trinajstić information content (AvgIpc) is 2.78. The van der Waals surface area contributed by atoms with E-state index in [0.717, 1.165) is 31.0 Å². The molecule has 4 nitrogen and oxygen atoms in total. The first-order valence-corrected chi connectivity index (χ1v) is 7.55. The Balaban J connectivity index is 1.84. The number of hydrogen-bond donors (Lipinski definition) is 2. The molecule has 2 N–H and O–H groups in total. The minimum Gasteiger partial charge on any atom is -0.390 e. The fraction of sp³-hybridized carbons (Fsp3) is 0.769. The quantitative estimate of drug-likeness (QED) is 0.749. The Labute approximate surface area is 113 Å². The molecule has 2 aliphatic rings. The first kappa shape index (κ1) is 13.9. The first-order chi connectivity index (χ1) is 8.74. The molecule has 2 aliphatic heterocycles. The van der Waals surface area contributed by atoms with Gasteiger partial charge in [0.05, 0.1) is 18.2 Å². The topological polar surface area (TPSA) is 53.9 Å². The molecule has 0 aliphatic carbocycles. The summed E-state index contributed by atoms with van der Waals surface area (Å²) in [5.41, 5.74) is 0.0718. The fourth-order valence-corrected chi connectivity index (χ4v) is 3.40. The van der Waals surface area contributed by atoms with Gasteiger partial charge in [0.2, 0.25) is 0 Å². The number of nitrogens with zero attached hydrogens (tertiary/aromatic N) is 1. The van der Waals surface area contributed by atoms with Crippen molar-refractivity contribution in [1.82, 2.24) is 5.32 Å². The first-order valence-electron chi connectivity index (χ1n) is 6.67. The average molecular weight is 270 g/mol. The number of aliphatic imine (C=N–C) groups is 1. The highest BCUT2D eigenvalue weighted by Gasteiger charge is 2.38. The number of rotatable bonds is 5. The second kappa shape index (κ2) is 6.59. The van der Waals surface area contributed by atoms with Gasteiger partial charge < -0.3 is 15.2 Å². The molecule has 1 saturated heterocycles. The van der Waals surface area contributed by atoms with Gasteiger partial charge in [-0.1, -0.05) is 24.8 Å². The van der Waals surface area contributed by atoms with Gasteiger partial charge in [-0.2, -0.15) is 0 Å². The zero-order chi connectivity index (χ0) is 13.0. The van der Waals surface area contributed by atoms with Gasteiger partial charge in [-0.05, 0) is 25.7 Å². The molecule has 2 rings (SSSR count). The van der Waals surface area contributed by atoms with Crippen LogP contribution in [0.3, 0.4) is 0 Å². The number of ether oxygens (including phenoxy) is 1. The fourth-order valence-electron chi connectivity index (χ4n) is 2.25. The molecule has 2 heterocycles. The van der Waals surface area contributed by atoms with E-state index in [1.54, 1.807) is 17.8 Å². The molecular weight excluding hydrogens is 248 g/mol. The van der Waals surface area contributed by atoms with E-state index in [9.17, 15) is 5.11 Å². The predicted molar refractivity (Wildman–Crippen MR) is 75.8 cm³/mol. The zero-order valence-electron chi connectivity index (χ0n) is 10.8. The Bertz CT molecular complexity index is 322. The van der Waals surface area contributed by atoms with Gasteiger partial charge in [0.25, 0.3) is 0 Å². The third kappa shape index (κ3) is 3.28. The number of aliphatic hydroxyl groups excluding tert-OH is 1. The number of amidine groups is 1. The summed E-state index contributed by atoms with van der Waals surface area (Å²) >= 11 is 1.65. The lowest BCUT2D eigenvalue weighted by molar-refractivity contribution is -0.0779. The van der Waals surface area contributed by atoms with Crippen molar-refractivity contribution in [1.29, 1.82) is 0 Å². The molecule has 18 heavy (non-hydrogen) atoms. The lowest BCUT2D eigenvalue weighted by Crippen LogP contribution is -2.40. The van der Waals surface area contributed by atoms with Crippen molar-refractivity contribution < 1.29 is 9.84 Å². The molecule has 0 bridgehead atoms. The van der Waals surface area contributed by atoms with E-state index in [1.165, 1.54) is 0 Å². The third-order valence-electron chi connectivity index (χ3n) is 3.24. The van der Waals surface area contributed by atoms with Crippen molar-refractivity contribution in [3.63, 3.8) is 0 Å². The Morgan fingerprint density at radius 2 is 2.50 bits per heavy atom. The molecule has 0 aromatic heterocycles. The molecule has 0 spiro atoms. The van der Waals surface area contributed by atoms with Gasteiger partial charge in [-0.15, -0.1) is 6.58 Å². The highest BCUT2D eigenvalue weighted by Crippen LogP contribution is 2.36. The van der Waals surface area contributed by atoms with Crippen molar-refractivity contribution >= 4 is 16.9 Å². The van der Waals surface area contributed by atoms with Gasteiger partial charge in [0.15, 0.2) is 5.17 Å². The van der Waals surface area contributed by atoms with E-state index in [1.807, 2.05) is 0 Å². The van der Waals surface area contributed by atoms with Gasteiger partial charge in [0, 0.05) is 6.54 Å². The summed E-state index contributed by atoms with van der Waals surface area (Å²) in [6.07, 6.45) is 4.79. The molecule has 0 saturated carbocycles. The maximum atomic E-state index is 9.94. The molecule has 0 amide bonds. The third-order valence-corrected chi connectivity index (χ3v) is 4.38. The summed E-state index contributed by atoms with van der Waals surface area (Å²) in [5.74, 6) is 0. The number of aliphatic hydroxyl groups is 1. The SMILES string of the molecule is C=CC[C@H](O)[C@H]1CC[C@H]2N=C(NCCC)S[C@H]2O1. The van der Waals surface area contributed by atoms with Crippen LogP contribution in [-0.4, -0.2) is 40.5 Å². The number of thioether (sulfide) groups is 1. The van der Waals surface area contributed by atoms with Crippen LogP contribution in [0.1, 0.15) is 32.6 Å². The Kier molecular flexibility index (Phi) is 5.09. The van der Waals surface area contributed by atoms with Crippen molar-refractivity contribution in [2.75, 3.05) is 6.54 Å². The van der Waals surface area contributed by atoms with E-state index < -0.39 is 6.10 Å². The van der Waals surface area contributed by atoms with E-state index in [-0.39, 0.29) is 17.6 Å². The van der Waals surface area contributed by atoms with Crippen LogP contribution in [0.25, 0.3) is 0 Å². The summed E-state index contributed by atoms with van der Waals surface area (Å²) in [6, 6.07) is 0.251. The number of nitrogens with one attached hydrogen (secondary N) is 1. The normalized spacial score (nSPS) is 32.6. The molecule has 0 aromatic rings. The van der Waals surface area contributed by atoms with Crippen molar-refractivity contribution in [3.05, 3.63) is 12.7 Å². The van der Waals surface area contributed by atoms with Crippen LogP contribution in [0.2, 0.25) is 0 Å². The molecule has 5 heteroatoms. The second-order valence-corrected chi connectivity index (χ2v) is 5.85. The Hall–Kier alpha value is -0.520. The van der Waals surface area contributed by atoms with Gasteiger partial charge in [0.1, 0.15) is 5.44 Å². The van der Waals surface area contributed by atoms with Crippen LogP contribution < -0.4 is 5.32 Å². The van der Waals surface area contributed by atoms with E-state index in [4.69, 9.17) is 4.74 Å². The van der Waals surface area contributed by atoms with Crippen LogP contribution in [0.5, 0.6) is 0 Å². The summed E-state index contributed by atoms with van der Waals surface area (Å²) in [4.78, 5) is 4.63. The van der Waals surface area contributed by atoms with Crippen LogP contribution in [0, 0.1) is 0 Å². The molecule has 1 fully saturated rings. The maximum Gasteiger partial charge on any atom is 0.159 e. The molecule has 102 valence electrons. The molecule has 0 radical (unpaired) electrons. The van der Waals surface area contributed by atoms with Gasteiger partial charge in [-0.3, -0.25) is 4.99 Å². The van der Waals surface area contributed by atoms with E-state index >= 15 is 0 Å². The van der Waals surface area contributed by atoms with Crippen molar-refractivity contribution in [2.45, 2.75) is 56.3 Å². The molecular formula is C13H22N2O2S. The van der Waals surface area contributed by atoms with Crippen LogP contribution in [0.15, 0.2) is 17.6 Å². The second-order valence-electron chi connectivity index (χ2n) is 4.76. The highest BCUT2D eigenvalue weighted by molar-refractivity contribution is 8.14. The number of fused-ring (bicyclic) bond motifs is 1. The Morgan fingerprint density at radius 3 is 3.22 bits per heavy atom. The van der Waals surface area contributed by atoms with Crippen LogP contribution >= 0.6 is 11.8 Å². The Morgan fingerprint density at radius 1 is 1.67 bits per heavy atom. The van der Waals surface area contributed by atoms with E-state index in [0.29, 0.717) is 6.42 Å². The van der Waals surface area contributed by atoms with Gasteiger partial charge >= 0.3 is 0 Å². The zero-order valence-corrected chi connectivity index (χ0v) is 11.7. The molecule has 0 unspecified atom stereocenters. The van der Waals surface area contributed by atoms with Crippen molar-refractivity contribution in [2.24, 2.45) is 4.99 Å². The number of hydrogen-bond acceptors (Lipinski definition) is 5. The maximum absolute atomic E-state index is 9.94. The predicted octanol–water partition coefficient (Wildman–Crippen LogP) is 1.90. The summed E-state index contributed by atoms with van der Waals surface area (Å²) < 4.78 is 5.95. The lowest BCUT2D eigenvalue weighted by Gasteiger charge is -2.32. The summed E-state index contributed by atoms with van der Waals surface area (Å²) in [6.45, 7) is 6.74. The monoisotopic (exact) mass is 270 g/mol. The minimum atomic E-state index is -0.434. The van der Waals surface area contributed by atoms with E-state index in [2.05, 4.69) is 23.8 Å². The standard InChI is InChI=1S/C13H22N2O2S/c1-3-5-10(16)11-7-6-9-12(17-11)18-13(15-9)14-8-4-2/h3,9-12,16H,1,4-8H2,2H3,(H,14,15)/t9-,10+,11-,12-/m1/s1. The lowest BCUT2D eigenvalue weighted by atomic mass is 9.99. The largest absolute Gasteiger partial charge is 0.390 e. The van der Waals surface area contributed by atoms with Gasteiger partial charge in [-0.25, -0.2) is 0 Å². The molecule has 4 atom stereocenters. The summed E-state index contributed by atoms with van der Waals surface area (Å²) in [7, 11) is 0.